The van der Waals surface area contributed by atoms with Crippen LogP contribution in [0.3, 0.4) is 0 Å². The lowest BCUT2D eigenvalue weighted by Crippen LogP contribution is -3.01. The Morgan fingerprint density at radius 3 is 2.53 bits per heavy atom. The van der Waals surface area contributed by atoms with E-state index in [1.165, 1.54) is 13.2 Å². The van der Waals surface area contributed by atoms with Gasteiger partial charge in [0.05, 0.1) is 23.8 Å². The number of hydrogen-bond acceptors (Lipinski definition) is 7. The molecular weight excluding hydrogens is 344 g/mol. The van der Waals surface area contributed by atoms with Crippen LogP contribution in [0.1, 0.15) is 0 Å². The van der Waals surface area contributed by atoms with Gasteiger partial charge in [0.1, 0.15) is 0 Å². The number of nitrogens with one attached hydrogen (secondary N) is 2. The summed E-state index contributed by atoms with van der Waals surface area (Å²) in [6, 6.07) is 2.34. The van der Waals surface area contributed by atoms with E-state index in [-0.39, 0.29) is 22.0 Å². The Morgan fingerprint density at radius 1 is 1.42 bits per heavy atom. The predicted molar refractivity (Wildman–Crippen MR) is 68.4 cm³/mol. The zero-order chi connectivity index (χ0) is 14.6. The van der Waals surface area contributed by atoms with Gasteiger partial charge in [0.25, 0.3) is 0 Å². The average Bonchev–Trinajstić information content (AvgIpc) is 2.35. The van der Waals surface area contributed by atoms with Gasteiger partial charge in [-0.15, -0.1) is 11.8 Å². The summed E-state index contributed by atoms with van der Waals surface area (Å²) in [6.45, 7) is 0. The zero-order valence-electron chi connectivity index (χ0n) is 9.68. The molecular formula is C9H11BrN2O6S. The number of carbonyl (C=O) groups excluding carboxylic acids is 1. The molecule has 0 aliphatic rings. The highest BCUT2D eigenvalue weighted by molar-refractivity contribution is 9.10. The molecule has 2 atom stereocenters. The monoisotopic (exact) mass is 354 g/mol. The van der Waals surface area contributed by atoms with Crippen LogP contribution < -0.4 is 10.5 Å². The molecule has 106 valence electrons. The molecule has 19 heavy (non-hydrogen) atoms. The number of esters is 1. The Kier molecular flexibility index (Phi) is 6.16. The van der Waals surface area contributed by atoms with Gasteiger partial charge in [-0.2, -0.15) is 10.5 Å². The summed E-state index contributed by atoms with van der Waals surface area (Å²) in [7, 11) is 1.23. The van der Waals surface area contributed by atoms with Crippen molar-refractivity contribution in [1.82, 2.24) is 0 Å². The molecule has 0 spiro atoms. The van der Waals surface area contributed by atoms with E-state index in [2.05, 4.69) is 20.7 Å². The third kappa shape index (κ3) is 4.40. The third-order valence-electron chi connectivity index (χ3n) is 2.08. The van der Waals surface area contributed by atoms with Crippen molar-refractivity contribution >= 4 is 45.0 Å². The van der Waals surface area contributed by atoms with Crippen LogP contribution in [0.2, 0.25) is 0 Å². The van der Waals surface area contributed by atoms with Crippen molar-refractivity contribution in [3.8, 4) is 0 Å². The van der Waals surface area contributed by atoms with Gasteiger partial charge in [0.15, 0.2) is 11.4 Å². The fraction of sp³-hybridized carbons (Fsp3) is 0.222. The van der Waals surface area contributed by atoms with Crippen LogP contribution >= 0.6 is 27.7 Å². The first-order valence-electron chi connectivity index (χ1n) is 4.86. The SMILES string of the molecule is COC(=O)CSc1c(Br)cc([NH+]([O-])O)cc1[NH+]([O-])O. The minimum atomic E-state index is -1.27. The van der Waals surface area contributed by atoms with Crippen molar-refractivity contribution < 1.29 is 30.4 Å². The van der Waals surface area contributed by atoms with E-state index in [9.17, 15) is 15.2 Å². The van der Waals surface area contributed by atoms with Crippen molar-refractivity contribution in [1.29, 1.82) is 0 Å². The molecule has 8 nitrogen and oxygen atoms in total. The molecule has 10 heteroatoms. The van der Waals surface area contributed by atoms with E-state index in [4.69, 9.17) is 10.4 Å². The lowest BCUT2D eigenvalue weighted by Gasteiger charge is -2.19. The molecule has 0 bridgehead atoms. The van der Waals surface area contributed by atoms with E-state index in [1.54, 1.807) is 0 Å². The van der Waals surface area contributed by atoms with Crippen molar-refractivity contribution in [3.63, 3.8) is 0 Å². The average molecular weight is 355 g/mol. The maximum atomic E-state index is 11.1. The number of quaternary nitrogens is 2. The fourth-order valence-corrected chi connectivity index (χ4v) is 2.89. The Morgan fingerprint density at radius 2 is 2.05 bits per heavy atom. The van der Waals surface area contributed by atoms with Gasteiger partial charge in [0.2, 0.25) is 0 Å². The Hall–Kier alpha value is -0.720. The number of thioether (sulfide) groups is 1. The van der Waals surface area contributed by atoms with Gasteiger partial charge in [-0.05, 0) is 15.9 Å². The first kappa shape index (κ1) is 16.3. The third-order valence-corrected chi connectivity index (χ3v) is 4.08. The minimum Gasteiger partial charge on any atom is -0.595 e. The maximum absolute atomic E-state index is 11.1. The fourth-order valence-electron chi connectivity index (χ4n) is 1.21. The molecule has 0 fully saturated rings. The molecule has 1 aromatic rings. The van der Waals surface area contributed by atoms with Crippen molar-refractivity contribution in [2.24, 2.45) is 0 Å². The van der Waals surface area contributed by atoms with Crippen molar-refractivity contribution in [2.75, 3.05) is 12.9 Å². The lowest BCUT2D eigenvalue weighted by molar-refractivity contribution is -0.997. The maximum Gasteiger partial charge on any atom is 0.315 e. The van der Waals surface area contributed by atoms with Crippen LogP contribution in [0, 0.1) is 10.4 Å². The predicted octanol–water partition coefficient (Wildman–Crippen LogP) is -0.479. The summed E-state index contributed by atoms with van der Waals surface area (Å²) in [4.78, 5) is 11.3. The molecule has 4 N–H and O–H groups in total. The van der Waals surface area contributed by atoms with Gasteiger partial charge in [-0.25, -0.2) is 10.4 Å². The van der Waals surface area contributed by atoms with Gasteiger partial charge in [-0.1, -0.05) is 0 Å². The van der Waals surface area contributed by atoms with E-state index in [1.807, 2.05) is 0 Å². The minimum absolute atomic E-state index is 0.0677. The van der Waals surface area contributed by atoms with Crippen LogP contribution in [0.5, 0.6) is 0 Å². The number of carbonyl (C=O) groups is 1. The molecule has 1 rings (SSSR count). The smallest absolute Gasteiger partial charge is 0.315 e. The zero-order valence-corrected chi connectivity index (χ0v) is 12.1. The second-order valence-electron chi connectivity index (χ2n) is 3.31. The highest BCUT2D eigenvalue weighted by Crippen LogP contribution is 2.34. The molecule has 1 aromatic carbocycles. The summed E-state index contributed by atoms with van der Waals surface area (Å²) < 4.78 is 4.76. The Labute approximate surface area is 120 Å². The first-order valence-corrected chi connectivity index (χ1v) is 6.64. The number of halogens is 1. The van der Waals surface area contributed by atoms with E-state index >= 15 is 0 Å². The number of ether oxygens (including phenoxy) is 1. The van der Waals surface area contributed by atoms with Crippen molar-refractivity contribution in [3.05, 3.63) is 27.0 Å². The lowest BCUT2D eigenvalue weighted by atomic mass is 10.3. The molecule has 0 aliphatic heterocycles. The van der Waals surface area contributed by atoms with Crippen LogP contribution in [-0.4, -0.2) is 29.2 Å². The summed E-state index contributed by atoms with van der Waals surface area (Å²) in [5.74, 6) is -0.572. The molecule has 0 aromatic heterocycles. The number of benzene rings is 1. The standard InChI is InChI=1S/C9H11BrN2O6S/c1-18-8(13)4-19-9-6(10)2-5(11(14)15)3-7(9)12(16)17/h2-3,11-12,14,16H,4H2,1H3. The molecule has 0 radical (unpaired) electrons. The van der Waals surface area contributed by atoms with Crippen LogP contribution in [-0.2, 0) is 9.53 Å². The Bertz CT molecular complexity index is 470. The Balaban J connectivity index is 3.11. The number of methoxy groups -OCH3 is 1. The second-order valence-corrected chi connectivity index (χ2v) is 5.15. The molecule has 0 heterocycles. The normalized spacial score (nSPS) is 14.0. The molecule has 0 amide bonds. The molecule has 0 aliphatic carbocycles. The van der Waals surface area contributed by atoms with Gasteiger partial charge in [-0.3, -0.25) is 4.79 Å². The summed E-state index contributed by atoms with van der Waals surface area (Å²) >= 11 is 4.07. The molecule has 0 saturated carbocycles. The topological polar surface area (TPSA) is 122 Å². The first-order chi connectivity index (χ1) is 8.86. The van der Waals surface area contributed by atoms with E-state index in [0.29, 0.717) is 4.47 Å². The second kappa shape index (κ2) is 7.17. The van der Waals surface area contributed by atoms with Crippen LogP contribution in [0.15, 0.2) is 21.5 Å². The highest BCUT2D eigenvalue weighted by atomic mass is 79.9. The van der Waals surface area contributed by atoms with Gasteiger partial charge in [0, 0.05) is 10.5 Å². The number of rotatable bonds is 5. The summed E-state index contributed by atoms with van der Waals surface area (Å²) in [5, 5.41) is 37.4. The quantitative estimate of drug-likeness (QED) is 0.320. The number of hydrogen-bond donors (Lipinski definition) is 4. The van der Waals surface area contributed by atoms with Crippen molar-refractivity contribution in [2.45, 2.75) is 4.90 Å². The van der Waals surface area contributed by atoms with Crippen LogP contribution in [0.25, 0.3) is 0 Å². The van der Waals surface area contributed by atoms with Crippen LogP contribution in [0.4, 0.5) is 11.4 Å². The van der Waals surface area contributed by atoms with E-state index < -0.39 is 16.4 Å². The highest BCUT2D eigenvalue weighted by Gasteiger charge is 2.19. The van der Waals surface area contributed by atoms with Gasteiger partial charge >= 0.3 is 5.97 Å². The van der Waals surface area contributed by atoms with Gasteiger partial charge < -0.3 is 15.2 Å². The molecule has 0 saturated heterocycles. The summed E-state index contributed by atoms with van der Waals surface area (Å²) in [6.07, 6.45) is 0. The summed E-state index contributed by atoms with van der Waals surface area (Å²) in [5.41, 5.74) is -0.327. The molecule has 2 unspecified atom stereocenters. The largest absolute Gasteiger partial charge is 0.595 e. The van der Waals surface area contributed by atoms with E-state index in [0.717, 1.165) is 17.8 Å².